The normalized spacial score (nSPS) is 17.1. The number of aromatic carboxylic acids is 1. The lowest BCUT2D eigenvalue weighted by atomic mass is 10.1. The Hall–Kier alpha value is -2.73. The fraction of sp³-hybridized carbons (Fsp3) is 0.300. The standard InChI is InChI=1S/C20H21FN2O3/c1-2-22(13-15-9-8-14(20(25)26)12-17(15)21)18-10-11-23(19(18)24)16-6-4-3-5-7-16/h3-9,12,18H,2,10-11,13H2,1H3,(H,25,26). The van der Waals surface area contributed by atoms with E-state index in [1.54, 1.807) is 4.90 Å². The number of amides is 1. The number of carboxylic acid groups (broad SMARTS) is 1. The Bertz CT molecular complexity index is 810. The van der Waals surface area contributed by atoms with E-state index < -0.39 is 11.8 Å². The molecule has 0 saturated carbocycles. The Labute approximate surface area is 151 Å². The van der Waals surface area contributed by atoms with Crippen LogP contribution in [0.2, 0.25) is 0 Å². The van der Waals surface area contributed by atoms with E-state index in [9.17, 15) is 14.0 Å². The molecule has 0 aromatic heterocycles. The van der Waals surface area contributed by atoms with Crippen molar-refractivity contribution in [1.29, 1.82) is 0 Å². The third-order valence-electron chi connectivity index (χ3n) is 4.77. The summed E-state index contributed by atoms with van der Waals surface area (Å²) in [5, 5.41) is 8.95. The molecule has 5 nitrogen and oxygen atoms in total. The molecule has 0 spiro atoms. The van der Waals surface area contributed by atoms with Crippen LogP contribution in [0.3, 0.4) is 0 Å². The Morgan fingerprint density at radius 1 is 1.27 bits per heavy atom. The fourth-order valence-corrected chi connectivity index (χ4v) is 3.34. The van der Waals surface area contributed by atoms with Crippen LogP contribution in [0.4, 0.5) is 10.1 Å². The van der Waals surface area contributed by atoms with Gasteiger partial charge >= 0.3 is 5.97 Å². The second-order valence-corrected chi connectivity index (χ2v) is 6.30. The molecule has 0 radical (unpaired) electrons. The van der Waals surface area contributed by atoms with Crippen LogP contribution in [-0.2, 0) is 11.3 Å². The number of benzene rings is 2. The maximum atomic E-state index is 14.2. The highest BCUT2D eigenvalue weighted by atomic mass is 19.1. The highest BCUT2D eigenvalue weighted by Crippen LogP contribution is 2.25. The molecule has 1 heterocycles. The third kappa shape index (κ3) is 3.60. The van der Waals surface area contributed by atoms with Gasteiger partial charge in [0.1, 0.15) is 5.82 Å². The highest BCUT2D eigenvalue weighted by Gasteiger charge is 2.36. The van der Waals surface area contributed by atoms with E-state index in [2.05, 4.69) is 0 Å². The summed E-state index contributed by atoms with van der Waals surface area (Å²) < 4.78 is 14.2. The topological polar surface area (TPSA) is 60.9 Å². The maximum absolute atomic E-state index is 14.2. The summed E-state index contributed by atoms with van der Waals surface area (Å²) in [6.45, 7) is 3.42. The zero-order valence-electron chi connectivity index (χ0n) is 14.6. The van der Waals surface area contributed by atoms with Crippen LogP contribution in [-0.4, -0.2) is 41.0 Å². The second-order valence-electron chi connectivity index (χ2n) is 6.30. The number of hydrogen-bond donors (Lipinski definition) is 1. The molecule has 136 valence electrons. The molecule has 1 amide bonds. The van der Waals surface area contributed by atoms with Gasteiger partial charge in [-0.15, -0.1) is 0 Å². The zero-order chi connectivity index (χ0) is 18.7. The molecule has 1 N–H and O–H groups in total. The molecule has 1 saturated heterocycles. The molecule has 1 atom stereocenters. The van der Waals surface area contributed by atoms with Crippen LogP contribution >= 0.6 is 0 Å². The Kier molecular flexibility index (Phi) is 5.32. The second kappa shape index (κ2) is 7.66. The Balaban J connectivity index is 1.75. The van der Waals surface area contributed by atoms with Crippen molar-refractivity contribution in [1.82, 2.24) is 4.90 Å². The molecular weight excluding hydrogens is 335 g/mol. The smallest absolute Gasteiger partial charge is 0.335 e. The molecule has 1 aliphatic heterocycles. The number of halogens is 1. The molecule has 0 bridgehead atoms. The first-order chi connectivity index (χ1) is 12.5. The fourth-order valence-electron chi connectivity index (χ4n) is 3.34. The lowest BCUT2D eigenvalue weighted by Crippen LogP contribution is -2.41. The quantitative estimate of drug-likeness (QED) is 0.864. The minimum atomic E-state index is -1.16. The van der Waals surface area contributed by atoms with Gasteiger partial charge in [-0.25, -0.2) is 9.18 Å². The molecule has 26 heavy (non-hydrogen) atoms. The van der Waals surface area contributed by atoms with Crippen LogP contribution in [0.1, 0.15) is 29.3 Å². The summed E-state index contributed by atoms with van der Waals surface area (Å²) in [6.07, 6.45) is 0.677. The number of carboxylic acids is 1. The molecule has 2 aromatic carbocycles. The molecule has 2 aromatic rings. The monoisotopic (exact) mass is 356 g/mol. The SMILES string of the molecule is CCN(Cc1ccc(C(=O)O)cc1F)C1CCN(c2ccccc2)C1=O. The van der Waals surface area contributed by atoms with Gasteiger partial charge in [0.2, 0.25) is 5.91 Å². The summed E-state index contributed by atoms with van der Waals surface area (Å²) in [6, 6.07) is 13.1. The van der Waals surface area contributed by atoms with Crippen molar-refractivity contribution in [2.75, 3.05) is 18.0 Å². The molecule has 3 rings (SSSR count). The van der Waals surface area contributed by atoms with Gasteiger partial charge in [-0.05, 0) is 37.2 Å². The summed E-state index contributed by atoms with van der Waals surface area (Å²) in [5.74, 6) is -1.71. The number of rotatable bonds is 6. The molecule has 1 fully saturated rings. The van der Waals surface area contributed by atoms with Crippen molar-refractivity contribution >= 4 is 17.6 Å². The number of hydrogen-bond acceptors (Lipinski definition) is 3. The van der Waals surface area contributed by atoms with Crippen LogP contribution in [0.5, 0.6) is 0 Å². The Morgan fingerprint density at radius 3 is 2.62 bits per heavy atom. The van der Waals surface area contributed by atoms with Crippen molar-refractivity contribution in [3.05, 3.63) is 65.5 Å². The van der Waals surface area contributed by atoms with E-state index in [0.717, 1.165) is 11.8 Å². The van der Waals surface area contributed by atoms with Crippen LogP contribution in [0, 0.1) is 5.82 Å². The zero-order valence-corrected chi connectivity index (χ0v) is 14.6. The van der Waals surface area contributed by atoms with Crippen LogP contribution < -0.4 is 4.90 Å². The first-order valence-corrected chi connectivity index (χ1v) is 8.63. The molecule has 1 aliphatic rings. The van der Waals surface area contributed by atoms with E-state index in [4.69, 9.17) is 5.11 Å². The van der Waals surface area contributed by atoms with Gasteiger partial charge in [-0.3, -0.25) is 9.69 Å². The van der Waals surface area contributed by atoms with E-state index in [1.807, 2.05) is 42.2 Å². The van der Waals surface area contributed by atoms with Gasteiger partial charge in [0.15, 0.2) is 0 Å². The lowest BCUT2D eigenvalue weighted by molar-refractivity contribution is -0.121. The minimum absolute atomic E-state index is 0.0145. The lowest BCUT2D eigenvalue weighted by Gasteiger charge is -2.27. The van der Waals surface area contributed by atoms with Crippen molar-refractivity contribution in [2.45, 2.75) is 25.9 Å². The molecule has 6 heteroatoms. The van der Waals surface area contributed by atoms with Gasteiger partial charge in [0.05, 0.1) is 11.6 Å². The number of anilines is 1. The van der Waals surface area contributed by atoms with Crippen molar-refractivity contribution in [2.24, 2.45) is 0 Å². The number of likely N-dealkylation sites (N-methyl/N-ethyl adjacent to an activating group) is 1. The van der Waals surface area contributed by atoms with Crippen LogP contribution in [0.15, 0.2) is 48.5 Å². The predicted octanol–water partition coefficient (Wildman–Crippen LogP) is 3.15. The first kappa shape index (κ1) is 18.1. The third-order valence-corrected chi connectivity index (χ3v) is 4.77. The number of carbonyl (C=O) groups is 2. The van der Waals surface area contributed by atoms with Crippen molar-refractivity contribution < 1.29 is 19.1 Å². The minimum Gasteiger partial charge on any atom is -0.478 e. The van der Waals surface area contributed by atoms with Crippen molar-refractivity contribution in [3.8, 4) is 0 Å². The molecule has 0 aliphatic carbocycles. The highest BCUT2D eigenvalue weighted by molar-refractivity contribution is 5.99. The van der Waals surface area contributed by atoms with Crippen LogP contribution in [0.25, 0.3) is 0 Å². The number of carbonyl (C=O) groups excluding carboxylic acids is 1. The average Bonchev–Trinajstić information content (AvgIpc) is 3.02. The van der Waals surface area contributed by atoms with E-state index in [-0.39, 0.29) is 24.1 Å². The van der Waals surface area contributed by atoms with Gasteiger partial charge < -0.3 is 10.0 Å². The van der Waals surface area contributed by atoms with Gasteiger partial charge in [0.25, 0.3) is 0 Å². The molecule has 1 unspecified atom stereocenters. The van der Waals surface area contributed by atoms with E-state index >= 15 is 0 Å². The largest absolute Gasteiger partial charge is 0.478 e. The predicted molar refractivity (Wildman–Crippen MR) is 96.6 cm³/mol. The maximum Gasteiger partial charge on any atom is 0.335 e. The average molecular weight is 356 g/mol. The Morgan fingerprint density at radius 2 is 2.00 bits per heavy atom. The summed E-state index contributed by atoms with van der Waals surface area (Å²) >= 11 is 0. The van der Waals surface area contributed by atoms with E-state index in [0.29, 0.717) is 25.1 Å². The summed E-state index contributed by atoms with van der Waals surface area (Å²) in [7, 11) is 0. The summed E-state index contributed by atoms with van der Waals surface area (Å²) in [5.41, 5.74) is 1.18. The first-order valence-electron chi connectivity index (χ1n) is 8.63. The van der Waals surface area contributed by atoms with Gasteiger partial charge in [-0.1, -0.05) is 31.2 Å². The van der Waals surface area contributed by atoms with Crippen molar-refractivity contribution in [3.63, 3.8) is 0 Å². The summed E-state index contributed by atoms with van der Waals surface area (Å²) in [4.78, 5) is 27.5. The van der Waals surface area contributed by atoms with E-state index in [1.165, 1.54) is 12.1 Å². The molecular formula is C20H21FN2O3. The van der Waals surface area contributed by atoms with Gasteiger partial charge in [0, 0.05) is 24.3 Å². The number of nitrogens with zero attached hydrogens (tertiary/aromatic N) is 2. The number of para-hydroxylation sites is 1. The van der Waals surface area contributed by atoms with Gasteiger partial charge in [-0.2, -0.15) is 0 Å².